The van der Waals surface area contributed by atoms with Crippen LogP contribution in [0.1, 0.15) is 29.8 Å². The Morgan fingerprint density at radius 3 is 2.75 bits per heavy atom. The summed E-state index contributed by atoms with van der Waals surface area (Å²) in [7, 11) is 0. The lowest BCUT2D eigenvalue weighted by Gasteiger charge is -2.34. The average molecular weight is 326 g/mol. The third kappa shape index (κ3) is 2.34. The third-order valence-corrected chi connectivity index (χ3v) is 5.31. The Balaban J connectivity index is 1.69. The lowest BCUT2D eigenvalue weighted by molar-refractivity contribution is -0.150. The number of hydrogen-bond acceptors (Lipinski definition) is 4. The summed E-state index contributed by atoms with van der Waals surface area (Å²) >= 11 is 0. The van der Waals surface area contributed by atoms with Gasteiger partial charge in [0.2, 0.25) is 0 Å². The van der Waals surface area contributed by atoms with Crippen molar-refractivity contribution in [1.82, 2.24) is 14.5 Å². The molecule has 126 valence electrons. The quantitative estimate of drug-likeness (QED) is 0.886. The molecule has 0 aliphatic carbocycles. The molecule has 4 rings (SSSR count). The lowest BCUT2D eigenvalue weighted by Crippen LogP contribution is -2.62. The molecule has 2 aromatic rings. The highest BCUT2D eigenvalue weighted by molar-refractivity contribution is 5.78. The van der Waals surface area contributed by atoms with Crippen LogP contribution in [0.15, 0.2) is 30.6 Å². The molecule has 0 bridgehead atoms. The minimum Gasteiger partial charge on any atom is -0.479 e. The van der Waals surface area contributed by atoms with Crippen molar-refractivity contribution >= 4 is 5.97 Å². The summed E-state index contributed by atoms with van der Waals surface area (Å²) in [6.45, 7) is 1.48. The SMILES string of the molecule is NC(Cc1ncn2c1CCc1ccccc1-2)(C(=O)O)N1CCCC1. The smallest absolute Gasteiger partial charge is 0.339 e. The molecule has 1 aromatic carbocycles. The van der Waals surface area contributed by atoms with Gasteiger partial charge < -0.3 is 15.4 Å². The van der Waals surface area contributed by atoms with E-state index >= 15 is 0 Å². The standard InChI is InChI=1S/C18H22N4O2/c19-18(17(23)24,21-9-3-4-10-21)11-14-16-8-7-13-5-1-2-6-15(13)22(16)12-20-14/h1-2,5-6,12H,3-4,7-11,19H2,(H,23,24). The van der Waals surface area contributed by atoms with Gasteiger partial charge in [0.25, 0.3) is 0 Å². The Labute approximate surface area is 140 Å². The van der Waals surface area contributed by atoms with Gasteiger partial charge in [-0.1, -0.05) is 18.2 Å². The van der Waals surface area contributed by atoms with E-state index in [9.17, 15) is 9.90 Å². The first-order chi connectivity index (χ1) is 11.6. The maximum atomic E-state index is 11.9. The molecule has 24 heavy (non-hydrogen) atoms. The molecule has 0 spiro atoms. The number of carboxylic acids is 1. The molecule has 0 radical (unpaired) electrons. The predicted molar refractivity (Wildman–Crippen MR) is 90.0 cm³/mol. The molecule has 1 aromatic heterocycles. The van der Waals surface area contributed by atoms with E-state index in [-0.39, 0.29) is 6.42 Å². The number of nitrogens with two attached hydrogens (primary N) is 1. The molecular weight excluding hydrogens is 304 g/mol. The Kier molecular flexibility index (Phi) is 3.66. The number of benzene rings is 1. The van der Waals surface area contributed by atoms with Gasteiger partial charge in [-0.3, -0.25) is 4.90 Å². The van der Waals surface area contributed by atoms with E-state index in [1.807, 2.05) is 17.0 Å². The van der Waals surface area contributed by atoms with Crippen molar-refractivity contribution in [2.24, 2.45) is 5.73 Å². The second-order valence-corrected chi connectivity index (χ2v) is 6.74. The van der Waals surface area contributed by atoms with E-state index in [4.69, 9.17) is 5.73 Å². The first-order valence-corrected chi connectivity index (χ1v) is 8.50. The number of aryl methyl sites for hydroxylation is 1. The Morgan fingerprint density at radius 2 is 2.00 bits per heavy atom. The molecule has 2 aliphatic heterocycles. The molecule has 1 unspecified atom stereocenters. The fourth-order valence-corrected chi connectivity index (χ4v) is 3.94. The van der Waals surface area contributed by atoms with Crippen molar-refractivity contribution < 1.29 is 9.90 Å². The zero-order valence-electron chi connectivity index (χ0n) is 13.6. The first-order valence-electron chi connectivity index (χ1n) is 8.50. The minimum absolute atomic E-state index is 0.243. The Hall–Kier alpha value is -2.18. The van der Waals surface area contributed by atoms with Crippen molar-refractivity contribution in [2.75, 3.05) is 13.1 Å². The van der Waals surface area contributed by atoms with Gasteiger partial charge in [0.15, 0.2) is 5.66 Å². The molecule has 1 saturated heterocycles. The summed E-state index contributed by atoms with van der Waals surface area (Å²) in [4.78, 5) is 18.3. The van der Waals surface area contributed by atoms with Gasteiger partial charge in [0, 0.05) is 30.9 Å². The summed E-state index contributed by atoms with van der Waals surface area (Å²) in [6.07, 6.45) is 5.86. The topological polar surface area (TPSA) is 84.4 Å². The number of imidazole rings is 1. The van der Waals surface area contributed by atoms with Gasteiger partial charge in [0.1, 0.15) is 0 Å². The molecule has 2 aliphatic rings. The van der Waals surface area contributed by atoms with Crippen LogP contribution in [-0.4, -0.2) is 44.3 Å². The van der Waals surface area contributed by atoms with Crippen LogP contribution in [0.3, 0.4) is 0 Å². The zero-order valence-corrected chi connectivity index (χ0v) is 13.6. The van der Waals surface area contributed by atoms with Gasteiger partial charge in [-0.2, -0.15) is 0 Å². The second-order valence-electron chi connectivity index (χ2n) is 6.74. The first kappa shape index (κ1) is 15.4. The number of carboxylic acid groups (broad SMARTS) is 1. The highest BCUT2D eigenvalue weighted by atomic mass is 16.4. The van der Waals surface area contributed by atoms with Crippen molar-refractivity contribution in [3.8, 4) is 5.69 Å². The second kappa shape index (κ2) is 5.72. The van der Waals surface area contributed by atoms with Crippen LogP contribution in [0, 0.1) is 0 Å². The number of aromatic nitrogens is 2. The maximum absolute atomic E-state index is 11.9. The van der Waals surface area contributed by atoms with Crippen LogP contribution < -0.4 is 5.73 Å². The Bertz CT molecular complexity index is 779. The minimum atomic E-state index is -1.37. The largest absolute Gasteiger partial charge is 0.479 e. The normalized spacial score (nSPS) is 19.5. The molecule has 0 saturated carbocycles. The number of para-hydroxylation sites is 1. The van der Waals surface area contributed by atoms with Gasteiger partial charge >= 0.3 is 5.97 Å². The molecule has 6 heteroatoms. The van der Waals surface area contributed by atoms with Crippen molar-refractivity contribution in [1.29, 1.82) is 0 Å². The number of hydrogen-bond donors (Lipinski definition) is 2. The highest BCUT2D eigenvalue weighted by Crippen LogP contribution is 2.29. The van der Waals surface area contributed by atoms with E-state index in [1.54, 1.807) is 6.33 Å². The molecule has 3 N–H and O–H groups in total. The van der Waals surface area contributed by atoms with Crippen LogP contribution in [0.25, 0.3) is 5.69 Å². The van der Waals surface area contributed by atoms with E-state index in [1.165, 1.54) is 5.56 Å². The predicted octanol–water partition coefficient (Wildman–Crippen LogP) is 1.35. The molecule has 0 amide bonds. The zero-order chi connectivity index (χ0) is 16.7. The van der Waals surface area contributed by atoms with Crippen LogP contribution in [0.4, 0.5) is 0 Å². The van der Waals surface area contributed by atoms with Crippen LogP contribution >= 0.6 is 0 Å². The average Bonchev–Trinajstić information content (AvgIpc) is 3.25. The summed E-state index contributed by atoms with van der Waals surface area (Å²) in [5, 5.41) is 9.75. The fourth-order valence-electron chi connectivity index (χ4n) is 3.94. The summed E-state index contributed by atoms with van der Waals surface area (Å²) < 4.78 is 2.08. The van der Waals surface area contributed by atoms with E-state index in [0.717, 1.165) is 55.8 Å². The summed E-state index contributed by atoms with van der Waals surface area (Å²) in [6, 6.07) is 8.27. The van der Waals surface area contributed by atoms with E-state index < -0.39 is 11.6 Å². The van der Waals surface area contributed by atoms with E-state index in [2.05, 4.69) is 21.7 Å². The molecule has 6 nitrogen and oxygen atoms in total. The number of aliphatic carboxylic acids is 1. The summed E-state index contributed by atoms with van der Waals surface area (Å²) in [5.41, 5.74) is 9.30. The van der Waals surface area contributed by atoms with E-state index in [0.29, 0.717) is 0 Å². The number of nitrogens with zero attached hydrogens (tertiary/aromatic N) is 3. The number of rotatable bonds is 4. The molecule has 1 fully saturated rings. The van der Waals surface area contributed by atoms with Crippen LogP contribution in [-0.2, 0) is 24.1 Å². The Morgan fingerprint density at radius 1 is 1.25 bits per heavy atom. The van der Waals surface area contributed by atoms with Crippen LogP contribution in [0.5, 0.6) is 0 Å². The van der Waals surface area contributed by atoms with Crippen molar-refractivity contribution in [3.63, 3.8) is 0 Å². The molecule has 3 heterocycles. The van der Waals surface area contributed by atoms with Gasteiger partial charge in [-0.05, 0) is 37.3 Å². The fraction of sp³-hybridized carbons (Fsp3) is 0.444. The molecular formula is C18H22N4O2. The third-order valence-electron chi connectivity index (χ3n) is 5.31. The maximum Gasteiger partial charge on any atom is 0.339 e. The summed E-state index contributed by atoms with van der Waals surface area (Å²) in [5.74, 6) is -0.970. The van der Waals surface area contributed by atoms with Crippen molar-refractivity contribution in [2.45, 2.75) is 37.8 Å². The highest BCUT2D eigenvalue weighted by Gasteiger charge is 2.43. The van der Waals surface area contributed by atoms with Gasteiger partial charge in [0.05, 0.1) is 12.0 Å². The number of fused-ring (bicyclic) bond motifs is 3. The van der Waals surface area contributed by atoms with Gasteiger partial charge in [-0.15, -0.1) is 0 Å². The monoisotopic (exact) mass is 326 g/mol. The molecule has 1 atom stereocenters. The number of carbonyl (C=O) groups is 1. The number of likely N-dealkylation sites (tertiary alicyclic amines) is 1. The van der Waals surface area contributed by atoms with Crippen LogP contribution in [0.2, 0.25) is 0 Å². The van der Waals surface area contributed by atoms with Gasteiger partial charge in [-0.25, -0.2) is 9.78 Å². The lowest BCUT2D eigenvalue weighted by atomic mass is 9.96. The van der Waals surface area contributed by atoms with Crippen molar-refractivity contribution in [3.05, 3.63) is 47.5 Å².